The van der Waals surface area contributed by atoms with Gasteiger partial charge in [0, 0.05) is 6.54 Å². The molecule has 1 aliphatic heterocycles. The molecule has 1 fully saturated rings. The molecule has 6 nitrogen and oxygen atoms in total. The van der Waals surface area contributed by atoms with Gasteiger partial charge in [-0.3, -0.25) is 0 Å². The number of benzene rings is 1. The van der Waals surface area contributed by atoms with Gasteiger partial charge in [0.05, 0.1) is 25.9 Å². The Kier molecular flexibility index (Phi) is 3.66. The summed E-state index contributed by atoms with van der Waals surface area (Å²) in [6, 6.07) is 5.82. The second-order valence-corrected chi connectivity index (χ2v) is 4.69. The summed E-state index contributed by atoms with van der Waals surface area (Å²) < 4.78 is 16.2. The summed E-state index contributed by atoms with van der Waals surface area (Å²) in [6.45, 7) is 4.03. The summed E-state index contributed by atoms with van der Waals surface area (Å²) in [6.07, 6.45) is 0. The molecule has 0 radical (unpaired) electrons. The third kappa shape index (κ3) is 2.39. The molecule has 1 unspecified atom stereocenters. The lowest BCUT2D eigenvalue weighted by Gasteiger charge is -2.20. The van der Waals surface area contributed by atoms with Gasteiger partial charge in [-0.05, 0) is 18.6 Å². The second kappa shape index (κ2) is 5.60. The highest BCUT2D eigenvalue weighted by Crippen LogP contribution is 2.31. The molecule has 0 aliphatic carbocycles. The van der Waals surface area contributed by atoms with E-state index < -0.39 is 0 Å². The number of nitrogens with zero attached hydrogens (tertiary/aromatic N) is 2. The SMILES string of the molecule is COc1c(C)cccc1-c1noc(C2COCCN2)n1. The Morgan fingerprint density at radius 2 is 2.30 bits per heavy atom. The van der Waals surface area contributed by atoms with Crippen LogP contribution in [0.25, 0.3) is 11.4 Å². The molecule has 2 heterocycles. The first-order valence-corrected chi connectivity index (χ1v) is 6.58. The molecule has 20 heavy (non-hydrogen) atoms. The van der Waals surface area contributed by atoms with Crippen LogP contribution in [0.5, 0.6) is 5.75 Å². The van der Waals surface area contributed by atoms with E-state index in [0.717, 1.165) is 23.4 Å². The first kappa shape index (κ1) is 13.1. The predicted molar refractivity (Wildman–Crippen MR) is 72.6 cm³/mol. The van der Waals surface area contributed by atoms with E-state index in [0.29, 0.717) is 24.9 Å². The molecule has 1 aliphatic rings. The molecular formula is C14H17N3O3. The van der Waals surface area contributed by atoms with Gasteiger partial charge in [0.2, 0.25) is 11.7 Å². The maximum atomic E-state index is 5.42. The lowest BCUT2D eigenvalue weighted by atomic mass is 10.1. The third-order valence-corrected chi connectivity index (χ3v) is 3.32. The molecule has 1 saturated heterocycles. The van der Waals surface area contributed by atoms with Gasteiger partial charge in [0.25, 0.3) is 0 Å². The maximum absolute atomic E-state index is 5.42. The number of ether oxygens (including phenoxy) is 2. The highest BCUT2D eigenvalue weighted by molar-refractivity contribution is 5.66. The second-order valence-electron chi connectivity index (χ2n) is 4.69. The monoisotopic (exact) mass is 275 g/mol. The largest absolute Gasteiger partial charge is 0.496 e. The molecule has 1 aromatic carbocycles. The zero-order valence-electron chi connectivity index (χ0n) is 11.5. The number of aromatic nitrogens is 2. The molecule has 0 bridgehead atoms. The molecule has 6 heteroatoms. The minimum Gasteiger partial charge on any atom is -0.496 e. The van der Waals surface area contributed by atoms with Crippen LogP contribution < -0.4 is 10.1 Å². The Labute approximate surface area is 117 Å². The fraction of sp³-hybridized carbons (Fsp3) is 0.429. The van der Waals surface area contributed by atoms with Gasteiger partial charge >= 0.3 is 0 Å². The van der Waals surface area contributed by atoms with E-state index in [1.54, 1.807) is 7.11 Å². The van der Waals surface area contributed by atoms with Crippen molar-refractivity contribution in [2.75, 3.05) is 26.9 Å². The molecule has 2 aromatic rings. The zero-order valence-corrected chi connectivity index (χ0v) is 11.5. The fourth-order valence-electron chi connectivity index (χ4n) is 2.31. The predicted octanol–water partition coefficient (Wildman–Crippen LogP) is 1.71. The number of hydrogen-bond acceptors (Lipinski definition) is 6. The molecule has 1 atom stereocenters. The van der Waals surface area contributed by atoms with E-state index in [4.69, 9.17) is 14.0 Å². The smallest absolute Gasteiger partial charge is 0.246 e. The van der Waals surface area contributed by atoms with E-state index in [9.17, 15) is 0 Å². The van der Waals surface area contributed by atoms with Crippen molar-refractivity contribution >= 4 is 0 Å². The van der Waals surface area contributed by atoms with Gasteiger partial charge in [-0.15, -0.1) is 0 Å². The zero-order chi connectivity index (χ0) is 13.9. The van der Waals surface area contributed by atoms with Crippen molar-refractivity contribution in [2.45, 2.75) is 13.0 Å². The standard InChI is InChI=1S/C14H17N3O3/c1-9-4-3-5-10(12(9)18-2)13-16-14(20-17-13)11-8-19-7-6-15-11/h3-5,11,15H,6-8H2,1-2H3. The van der Waals surface area contributed by atoms with Crippen molar-refractivity contribution < 1.29 is 14.0 Å². The molecule has 1 N–H and O–H groups in total. The summed E-state index contributed by atoms with van der Waals surface area (Å²) in [7, 11) is 1.64. The Balaban J connectivity index is 1.92. The van der Waals surface area contributed by atoms with Crippen LogP contribution in [0.4, 0.5) is 0 Å². The van der Waals surface area contributed by atoms with E-state index >= 15 is 0 Å². The van der Waals surface area contributed by atoms with Gasteiger partial charge in [0.15, 0.2) is 0 Å². The molecule has 3 rings (SSSR count). The fourth-order valence-corrected chi connectivity index (χ4v) is 2.31. The normalized spacial score (nSPS) is 19.0. The molecule has 106 valence electrons. The maximum Gasteiger partial charge on any atom is 0.246 e. The van der Waals surface area contributed by atoms with Gasteiger partial charge in [0.1, 0.15) is 11.8 Å². The highest BCUT2D eigenvalue weighted by atomic mass is 16.5. The van der Waals surface area contributed by atoms with Crippen molar-refractivity contribution in [3.8, 4) is 17.1 Å². The minimum atomic E-state index is -0.0409. The van der Waals surface area contributed by atoms with Gasteiger partial charge in [-0.2, -0.15) is 4.98 Å². The number of hydrogen-bond donors (Lipinski definition) is 1. The van der Waals surface area contributed by atoms with Crippen LogP contribution in [-0.4, -0.2) is 37.0 Å². The summed E-state index contributed by atoms with van der Waals surface area (Å²) in [5.74, 6) is 1.85. The molecular weight excluding hydrogens is 258 g/mol. The van der Waals surface area contributed by atoms with E-state index in [-0.39, 0.29) is 6.04 Å². The van der Waals surface area contributed by atoms with Gasteiger partial charge < -0.3 is 19.3 Å². The molecule has 0 spiro atoms. The quantitative estimate of drug-likeness (QED) is 0.919. The summed E-state index contributed by atoms with van der Waals surface area (Å²) >= 11 is 0. The first-order chi connectivity index (χ1) is 9.79. The Hall–Kier alpha value is -1.92. The summed E-state index contributed by atoms with van der Waals surface area (Å²) in [5.41, 5.74) is 1.87. The Bertz CT molecular complexity index is 591. The minimum absolute atomic E-state index is 0.0409. The average molecular weight is 275 g/mol. The van der Waals surface area contributed by atoms with Crippen LogP contribution in [0.1, 0.15) is 17.5 Å². The first-order valence-electron chi connectivity index (χ1n) is 6.58. The van der Waals surface area contributed by atoms with Gasteiger partial charge in [-0.1, -0.05) is 17.3 Å². The Morgan fingerprint density at radius 3 is 3.05 bits per heavy atom. The van der Waals surface area contributed by atoms with Crippen molar-refractivity contribution in [3.63, 3.8) is 0 Å². The summed E-state index contributed by atoms with van der Waals surface area (Å²) in [4.78, 5) is 4.45. The number of rotatable bonds is 3. The summed E-state index contributed by atoms with van der Waals surface area (Å²) in [5, 5.41) is 7.34. The van der Waals surface area contributed by atoms with E-state index in [1.165, 1.54) is 0 Å². The van der Waals surface area contributed by atoms with E-state index in [2.05, 4.69) is 15.5 Å². The van der Waals surface area contributed by atoms with Crippen molar-refractivity contribution in [1.29, 1.82) is 0 Å². The molecule has 1 aromatic heterocycles. The molecule has 0 amide bonds. The molecule has 0 saturated carbocycles. The lowest BCUT2D eigenvalue weighted by molar-refractivity contribution is 0.0659. The number of methoxy groups -OCH3 is 1. The van der Waals surface area contributed by atoms with Crippen LogP contribution in [0, 0.1) is 6.92 Å². The van der Waals surface area contributed by atoms with Gasteiger partial charge in [-0.25, -0.2) is 0 Å². The highest BCUT2D eigenvalue weighted by Gasteiger charge is 2.23. The van der Waals surface area contributed by atoms with Crippen molar-refractivity contribution in [1.82, 2.24) is 15.5 Å². The average Bonchev–Trinajstić information content (AvgIpc) is 2.97. The van der Waals surface area contributed by atoms with Crippen LogP contribution in [0.3, 0.4) is 0 Å². The number of nitrogens with one attached hydrogen (secondary N) is 1. The number of morpholine rings is 1. The third-order valence-electron chi connectivity index (χ3n) is 3.32. The van der Waals surface area contributed by atoms with Crippen LogP contribution in [0.2, 0.25) is 0 Å². The van der Waals surface area contributed by atoms with Crippen LogP contribution in [-0.2, 0) is 4.74 Å². The number of aryl methyl sites for hydroxylation is 1. The Morgan fingerprint density at radius 1 is 1.40 bits per heavy atom. The topological polar surface area (TPSA) is 69.4 Å². The van der Waals surface area contributed by atoms with Crippen LogP contribution >= 0.6 is 0 Å². The van der Waals surface area contributed by atoms with E-state index in [1.807, 2.05) is 25.1 Å². The lowest BCUT2D eigenvalue weighted by Crippen LogP contribution is -2.34. The number of para-hydroxylation sites is 1. The van der Waals surface area contributed by atoms with Crippen molar-refractivity contribution in [3.05, 3.63) is 29.7 Å². The van der Waals surface area contributed by atoms with Crippen LogP contribution in [0.15, 0.2) is 22.7 Å². The van der Waals surface area contributed by atoms with Crippen molar-refractivity contribution in [2.24, 2.45) is 0 Å².